The van der Waals surface area contributed by atoms with Crippen molar-refractivity contribution in [2.75, 3.05) is 39.6 Å². The number of methoxy groups -OCH3 is 1. The first-order chi connectivity index (χ1) is 7.10. The molecule has 1 saturated heterocycles. The average Bonchev–Trinajstić information content (AvgIpc) is 2.66. The molecule has 1 fully saturated rings. The molecule has 0 aliphatic carbocycles. The van der Waals surface area contributed by atoms with Gasteiger partial charge in [0.25, 0.3) is 0 Å². The van der Waals surface area contributed by atoms with E-state index in [0.717, 1.165) is 6.42 Å². The van der Waals surface area contributed by atoms with Crippen molar-refractivity contribution in [2.45, 2.75) is 18.9 Å². The van der Waals surface area contributed by atoms with E-state index in [4.69, 9.17) is 4.74 Å². The second-order valence-corrected chi connectivity index (χ2v) is 5.88. The summed E-state index contributed by atoms with van der Waals surface area (Å²) in [6, 6.07) is 0.308. The lowest BCUT2D eigenvalue weighted by Gasteiger charge is -2.16. The fraction of sp³-hybridized carbons (Fsp3) is 1.00. The van der Waals surface area contributed by atoms with Gasteiger partial charge < -0.3 is 10.1 Å². The molecule has 0 spiro atoms. The Labute approximate surface area is 91.8 Å². The zero-order valence-electron chi connectivity index (χ0n) is 9.40. The number of rotatable bonds is 6. The third kappa shape index (κ3) is 3.71. The SMILES string of the molecule is CNC1CCN(S(=O)(=O)CCCOC)C1. The highest BCUT2D eigenvalue weighted by molar-refractivity contribution is 7.89. The lowest BCUT2D eigenvalue weighted by molar-refractivity contribution is 0.199. The summed E-state index contributed by atoms with van der Waals surface area (Å²) in [6.07, 6.45) is 1.47. The molecular formula is C9H20N2O3S. The maximum absolute atomic E-state index is 11.8. The standard InChI is InChI=1S/C9H20N2O3S/c1-10-9-4-5-11(8-9)15(12,13)7-3-6-14-2/h9-10H,3-8H2,1-2H3. The smallest absolute Gasteiger partial charge is 0.214 e. The van der Waals surface area contributed by atoms with Crippen LogP contribution in [0.1, 0.15) is 12.8 Å². The summed E-state index contributed by atoms with van der Waals surface area (Å²) < 4.78 is 30.0. The van der Waals surface area contributed by atoms with Crippen LogP contribution in [0.5, 0.6) is 0 Å². The van der Waals surface area contributed by atoms with Crippen molar-refractivity contribution >= 4 is 10.0 Å². The van der Waals surface area contributed by atoms with Crippen molar-refractivity contribution in [1.82, 2.24) is 9.62 Å². The van der Waals surface area contributed by atoms with Gasteiger partial charge in [-0.2, -0.15) is 0 Å². The Bertz CT molecular complexity index is 279. The maximum atomic E-state index is 11.8. The zero-order chi connectivity index (χ0) is 11.3. The fourth-order valence-corrected chi connectivity index (χ4v) is 3.26. The lowest BCUT2D eigenvalue weighted by Crippen LogP contribution is -2.35. The van der Waals surface area contributed by atoms with E-state index in [1.54, 1.807) is 11.4 Å². The number of likely N-dealkylation sites (N-methyl/N-ethyl adjacent to an activating group) is 1. The normalized spacial score (nSPS) is 23.5. The van der Waals surface area contributed by atoms with E-state index < -0.39 is 10.0 Å². The van der Waals surface area contributed by atoms with Crippen molar-refractivity contribution in [3.8, 4) is 0 Å². The molecule has 1 aliphatic rings. The molecule has 0 amide bonds. The van der Waals surface area contributed by atoms with Crippen LogP contribution in [0.15, 0.2) is 0 Å². The Morgan fingerprint density at radius 1 is 1.53 bits per heavy atom. The van der Waals surface area contributed by atoms with Crippen LogP contribution in [0.2, 0.25) is 0 Å². The maximum Gasteiger partial charge on any atom is 0.214 e. The Hall–Kier alpha value is -0.170. The molecule has 1 heterocycles. The highest BCUT2D eigenvalue weighted by Crippen LogP contribution is 2.14. The predicted molar refractivity (Wildman–Crippen MR) is 59.3 cm³/mol. The van der Waals surface area contributed by atoms with E-state index >= 15 is 0 Å². The Morgan fingerprint density at radius 2 is 2.27 bits per heavy atom. The molecule has 1 atom stereocenters. The first-order valence-corrected chi connectivity index (χ1v) is 6.85. The molecule has 0 bridgehead atoms. The molecule has 0 aromatic heterocycles. The van der Waals surface area contributed by atoms with Crippen LogP contribution in [-0.2, 0) is 14.8 Å². The van der Waals surface area contributed by atoms with Crippen LogP contribution in [-0.4, -0.2) is 58.4 Å². The summed E-state index contributed by atoms with van der Waals surface area (Å²) in [4.78, 5) is 0. The number of sulfonamides is 1. The van der Waals surface area contributed by atoms with E-state index in [9.17, 15) is 8.42 Å². The molecule has 0 radical (unpaired) electrons. The quantitative estimate of drug-likeness (QED) is 0.640. The summed E-state index contributed by atoms with van der Waals surface area (Å²) in [5, 5.41) is 3.10. The van der Waals surface area contributed by atoms with Crippen molar-refractivity contribution in [2.24, 2.45) is 0 Å². The summed E-state index contributed by atoms with van der Waals surface area (Å²) in [7, 11) is 0.388. The van der Waals surface area contributed by atoms with E-state index in [1.165, 1.54) is 0 Å². The number of nitrogens with zero attached hydrogens (tertiary/aromatic N) is 1. The number of hydrogen-bond acceptors (Lipinski definition) is 4. The Kier molecular flexibility index (Phi) is 4.98. The third-order valence-corrected chi connectivity index (χ3v) is 4.63. The van der Waals surface area contributed by atoms with Gasteiger partial charge in [-0.3, -0.25) is 0 Å². The van der Waals surface area contributed by atoms with Gasteiger partial charge in [-0.05, 0) is 19.9 Å². The first kappa shape index (κ1) is 12.9. The van der Waals surface area contributed by atoms with Crippen LogP contribution in [0.4, 0.5) is 0 Å². The highest BCUT2D eigenvalue weighted by Gasteiger charge is 2.29. The van der Waals surface area contributed by atoms with E-state index in [2.05, 4.69) is 5.32 Å². The number of ether oxygens (including phenoxy) is 1. The Balaban J connectivity index is 2.41. The zero-order valence-corrected chi connectivity index (χ0v) is 10.2. The van der Waals surface area contributed by atoms with Gasteiger partial charge in [-0.1, -0.05) is 0 Å². The van der Waals surface area contributed by atoms with E-state index in [-0.39, 0.29) is 5.75 Å². The predicted octanol–water partition coefficient (Wildman–Crippen LogP) is -0.354. The minimum atomic E-state index is -3.06. The molecule has 1 aliphatic heterocycles. The molecular weight excluding hydrogens is 216 g/mol. The van der Waals surface area contributed by atoms with Crippen molar-refractivity contribution < 1.29 is 13.2 Å². The molecule has 15 heavy (non-hydrogen) atoms. The molecule has 5 nitrogen and oxygen atoms in total. The molecule has 6 heteroatoms. The van der Waals surface area contributed by atoms with Gasteiger partial charge in [-0.25, -0.2) is 12.7 Å². The van der Waals surface area contributed by atoms with Gasteiger partial charge in [0.2, 0.25) is 10.0 Å². The largest absolute Gasteiger partial charge is 0.385 e. The van der Waals surface area contributed by atoms with Crippen LogP contribution >= 0.6 is 0 Å². The Morgan fingerprint density at radius 3 is 2.80 bits per heavy atom. The second-order valence-electron chi connectivity index (χ2n) is 3.79. The van der Waals surface area contributed by atoms with Gasteiger partial charge in [-0.15, -0.1) is 0 Å². The van der Waals surface area contributed by atoms with Gasteiger partial charge >= 0.3 is 0 Å². The topological polar surface area (TPSA) is 58.6 Å². The molecule has 1 N–H and O–H groups in total. The van der Waals surface area contributed by atoms with E-state index in [0.29, 0.717) is 32.2 Å². The van der Waals surface area contributed by atoms with Gasteiger partial charge in [0.05, 0.1) is 5.75 Å². The lowest BCUT2D eigenvalue weighted by atomic mass is 10.3. The summed E-state index contributed by atoms with van der Waals surface area (Å²) >= 11 is 0. The first-order valence-electron chi connectivity index (χ1n) is 5.24. The van der Waals surface area contributed by atoms with Gasteiger partial charge in [0.1, 0.15) is 0 Å². The van der Waals surface area contributed by atoms with Gasteiger partial charge in [0.15, 0.2) is 0 Å². The molecule has 1 rings (SSSR count). The van der Waals surface area contributed by atoms with Crippen molar-refractivity contribution in [1.29, 1.82) is 0 Å². The van der Waals surface area contributed by atoms with E-state index in [1.807, 2.05) is 7.05 Å². The van der Waals surface area contributed by atoms with Crippen LogP contribution in [0, 0.1) is 0 Å². The van der Waals surface area contributed by atoms with Crippen molar-refractivity contribution in [3.05, 3.63) is 0 Å². The minimum absolute atomic E-state index is 0.192. The number of nitrogens with one attached hydrogen (secondary N) is 1. The molecule has 90 valence electrons. The highest BCUT2D eigenvalue weighted by atomic mass is 32.2. The summed E-state index contributed by atoms with van der Waals surface area (Å²) in [5.74, 6) is 0.192. The molecule has 0 aromatic carbocycles. The van der Waals surface area contributed by atoms with Crippen LogP contribution in [0.25, 0.3) is 0 Å². The van der Waals surface area contributed by atoms with Crippen LogP contribution < -0.4 is 5.32 Å². The summed E-state index contributed by atoms with van der Waals surface area (Å²) in [5.41, 5.74) is 0. The fourth-order valence-electron chi connectivity index (χ4n) is 1.73. The van der Waals surface area contributed by atoms with Crippen LogP contribution in [0.3, 0.4) is 0 Å². The molecule has 1 unspecified atom stereocenters. The van der Waals surface area contributed by atoms with Crippen molar-refractivity contribution in [3.63, 3.8) is 0 Å². The average molecular weight is 236 g/mol. The second kappa shape index (κ2) is 5.79. The van der Waals surface area contributed by atoms with Gasteiger partial charge in [0, 0.05) is 32.8 Å². The molecule has 0 saturated carbocycles. The monoisotopic (exact) mass is 236 g/mol. The number of hydrogen-bond donors (Lipinski definition) is 1. The minimum Gasteiger partial charge on any atom is -0.385 e. The third-order valence-electron chi connectivity index (χ3n) is 2.70. The summed E-state index contributed by atoms with van der Waals surface area (Å²) in [6.45, 7) is 1.75. The molecule has 0 aromatic rings.